The molecule has 0 bridgehead atoms. The van der Waals surface area contributed by atoms with Gasteiger partial charge in [-0.25, -0.2) is 14.2 Å². The highest BCUT2D eigenvalue weighted by atomic mass is 35.5. The van der Waals surface area contributed by atoms with Crippen molar-refractivity contribution in [2.24, 2.45) is 0 Å². The van der Waals surface area contributed by atoms with Gasteiger partial charge in [0.15, 0.2) is 0 Å². The first-order chi connectivity index (χ1) is 19.2. The fourth-order valence-corrected chi connectivity index (χ4v) is 5.03. The molecule has 2 amide bonds. The van der Waals surface area contributed by atoms with E-state index in [4.69, 9.17) is 17.3 Å². The molecule has 1 atom stereocenters. The van der Waals surface area contributed by atoms with Crippen molar-refractivity contribution in [3.05, 3.63) is 107 Å². The molecule has 0 aliphatic carbocycles. The van der Waals surface area contributed by atoms with Crippen molar-refractivity contribution in [2.75, 3.05) is 18.8 Å². The molecule has 202 valence electrons. The molecule has 1 aromatic heterocycles. The second-order valence-electron chi connectivity index (χ2n) is 9.42. The van der Waals surface area contributed by atoms with Gasteiger partial charge >= 0.3 is 5.97 Å². The molecule has 1 aliphatic rings. The fourth-order valence-electron chi connectivity index (χ4n) is 4.75. The predicted octanol–water partition coefficient (Wildman–Crippen LogP) is 5.13. The zero-order valence-corrected chi connectivity index (χ0v) is 21.9. The van der Waals surface area contributed by atoms with E-state index in [1.54, 1.807) is 53.4 Å². The Morgan fingerprint density at radius 1 is 0.975 bits per heavy atom. The maximum absolute atomic E-state index is 13.4. The first-order valence-electron chi connectivity index (χ1n) is 12.4. The number of carboxylic acid groups (broad SMARTS) is 1. The molecule has 4 aromatic rings. The molecule has 1 fully saturated rings. The summed E-state index contributed by atoms with van der Waals surface area (Å²) in [6, 6.07) is 18.7. The standard InChI is InChI=1S/C30H24ClFN4O4/c31-26-14-20(32)9-10-23(26)17-5-7-18(8-6-17)29(38)36-12-11-21(16-36)35-28(37)25-13-19(15-34-27(25)33)22-3-1-2-4-24(22)30(39)40/h1-10,13-15,21H,11-12,16H2,(H2,33,34)(H,35,37)(H,39,40)/t21-/m1/s1. The third-order valence-corrected chi connectivity index (χ3v) is 7.13. The van der Waals surface area contributed by atoms with E-state index in [0.717, 1.165) is 5.56 Å². The number of nitrogens with zero attached hydrogens (tertiary/aromatic N) is 2. The fraction of sp³-hybridized carbons (Fsp3) is 0.133. The molecule has 0 radical (unpaired) electrons. The molecular formula is C30H24ClFN4O4. The number of carbonyl (C=O) groups excluding carboxylic acids is 2. The number of aromatic nitrogens is 1. The molecule has 0 saturated carbocycles. The Morgan fingerprint density at radius 2 is 1.73 bits per heavy atom. The summed E-state index contributed by atoms with van der Waals surface area (Å²) in [5.74, 6) is -2.14. The van der Waals surface area contributed by atoms with Crippen molar-refractivity contribution in [1.29, 1.82) is 0 Å². The first-order valence-corrected chi connectivity index (χ1v) is 12.8. The van der Waals surface area contributed by atoms with Gasteiger partial charge in [0.1, 0.15) is 11.6 Å². The van der Waals surface area contributed by atoms with Gasteiger partial charge in [0, 0.05) is 42.0 Å². The van der Waals surface area contributed by atoms with Gasteiger partial charge in [0.05, 0.1) is 16.1 Å². The van der Waals surface area contributed by atoms with Crippen LogP contribution in [0, 0.1) is 5.82 Å². The Hall–Kier alpha value is -4.76. The second-order valence-corrected chi connectivity index (χ2v) is 9.83. The van der Waals surface area contributed by atoms with Crippen LogP contribution in [-0.2, 0) is 0 Å². The maximum atomic E-state index is 13.4. The molecule has 3 aromatic carbocycles. The van der Waals surface area contributed by atoms with E-state index >= 15 is 0 Å². The van der Waals surface area contributed by atoms with Crippen LogP contribution in [0.2, 0.25) is 5.02 Å². The van der Waals surface area contributed by atoms with E-state index in [0.29, 0.717) is 41.8 Å². The molecule has 1 aliphatic heterocycles. The topological polar surface area (TPSA) is 126 Å². The zero-order valence-electron chi connectivity index (χ0n) is 21.1. The minimum Gasteiger partial charge on any atom is -0.478 e. The second kappa shape index (κ2) is 11.2. The molecule has 5 rings (SSSR count). The normalized spacial score (nSPS) is 14.7. The highest BCUT2D eigenvalue weighted by Crippen LogP contribution is 2.29. The molecule has 0 unspecified atom stereocenters. The summed E-state index contributed by atoms with van der Waals surface area (Å²) in [5.41, 5.74) is 8.96. The van der Waals surface area contributed by atoms with Crippen LogP contribution < -0.4 is 11.1 Å². The number of halogens is 2. The van der Waals surface area contributed by atoms with Crippen molar-refractivity contribution in [3.8, 4) is 22.3 Å². The largest absolute Gasteiger partial charge is 0.478 e. The summed E-state index contributed by atoms with van der Waals surface area (Å²) in [5, 5.41) is 12.7. The number of nitrogen functional groups attached to an aromatic ring is 1. The number of aromatic carboxylic acids is 1. The van der Waals surface area contributed by atoms with Crippen molar-refractivity contribution in [3.63, 3.8) is 0 Å². The number of hydrogen-bond acceptors (Lipinski definition) is 5. The van der Waals surface area contributed by atoms with Crippen LogP contribution in [0.25, 0.3) is 22.3 Å². The van der Waals surface area contributed by atoms with Gasteiger partial charge in [-0.2, -0.15) is 0 Å². The molecular weight excluding hydrogens is 535 g/mol. The molecule has 1 saturated heterocycles. The number of amides is 2. The van der Waals surface area contributed by atoms with E-state index in [9.17, 15) is 23.9 Å². The predicted molar refractivity (Wildman–Crippen MR) is 150 cm³/mol. The number of hydrogen-bond donors (Lipinski definition) is 3. The third-order valence-electron chi connectivity index (χ3n) is 6.82. The summed E-state index contributed by atoms with van der Waals surface area (Å²) < 4.78 is 13.4. The monoisotopic (exact) mass is 558 g/mol. The van der Waals surface area contributed by atoms with Crippen LogP contribution in [0.3, 0.4) is 0 Å². The highest BCUT2D eigenvalue weighted by molar-refractivity contribution is 6.33. The SMILES string of the molecule is Nc1ncc(-c2ccccc2C(=O)O)cc1C(=O)N[C@@H]1CCN(C(=O)c2ccc(-c3ccc(F)cc3Cl)cc2)C1. The first kappa shape index (κ1) is 26.8. The van der Waals surface area contributed by atoms with E-state index in [2.05, 4.69) is 10.3 Å². The molecule has 2 heterocycles. The lowest BCUT2D eigenvalue weighted by atomic mass is 9.99. The summed E-state index contributed by atoms with van der Waals surface area (Å²) >= 11 is 6.16. The van der Waals surface area contributed by atoms with Crippen molar-refractivity contribution in [1.82, 2.24) is 15.2 Å². The van der Waals surface area contributed by atoms with Crippen LogP contribution in [0.5, 0.6) is 0 Å². The van der Waals surface area contributed by atoms with Crippen molar-refractivity contribution in [2.45, 2.75) is 12.5 Å². The quantitative estimate of drug-likeness (QED) is 0.301. The Balaban J connectivity index is 1.26. The average Bonchev–Trinajstić information content (AvgIpc) is 3.41. The average molecular weight is 559 g/mol. The lowest BCUT2D eigenvalue weighted by Crippen LogP contribution is -2.38. The third kappa shape index (κ3) is 5.50. The van der Waals surface area contributed by atoms with Crippen LogP contribution >= 0.6 is 11.6 Å². The van der Waals surface area contributed by atoms with E-state index < -0.39 is 17.7 Å². The van der Waals surface area contributed by atoms with E-state index in [1.807, 2.05) is 0 Å². The number of nitrogens with two attached hydrogens (primary N) is 1. The highest BCUT2D eigenvalue weighted by Gasteiger charge is 2.29. The Labute approximate surface area is 234 Å². The Morgan fingerprint density at radius 3 is 2.45 bits per heavy atom. The Kier molecular flexibility index (Phi) is 7.48. The number of carbonyl (C=O) groups is 3. The number of likely N-dealkylation sites (tertiary alicyclic amines) is 1. The smallest absolute Gasteiger partial charge is 0.336 e. The van der Waals surface area contributed by atoms with Gasteiger partial charge in [0.2, 0.25) is 0 Å². The molecule has 0 spiro atoms. The van der Waals surface area contributed by atoms with Gasteiger partial charge in [0.25, 0.3) is 11.8 Å². The summed E-state index contributed by atoms with van der Waals surface area (Å²) in [6.45, 7) is 0.764. The van der Waals surface area contributed by atoms with E-state index in [1.165, 1.54) is 30.5 Å². The summed E-state index contributed by atoms with van der Waals surface area (Å²) in [6.07, 6.45) is 1.98. The van der Waals surface area contributed by atoms with Crippen LogP contribution in [0.4, 0.5) is 10.2 Å². The minimum atomic E-state index is -1.09. The lowest BCUT2D eigenvalue weighted by molar-refractivity contribution is 0.0696. The van der Waals surface area contributed by atoms with E-state index in [-0.39, 0.29) is 33.9 Å². The number of benzene rings is 3. The molecule has 8 nitrogen and oxygen atoms in total. The number of carboxylic acids is 1. The maximum Gasteiger partial charge on any atom is 0.336 e. The summed E-state index contributed by atoms with van der Waals surface area (Å²) in [4.78, 5) is 43.6. The van der Waals surface area contributed by atoms with Crippen LogP contribution in [0.15, 0.2) is 79.0 Å². The molecule has 40 heavy (non-hydrogen) atoms. The van der Waals surface area contributed by atoms with Crippen molar-refractivity contribution < 1.29 is 23.9 Å². The van der Waals surface area contributed by atoms with Gasteiger partial charge < -0.3 is 21.1 Å². The van der Waals surface area contributed by atoms with Gasteiger partial charge in [-0.1, -0.05) is 41.9 Å². The van der Waals surface area contributed by atoms with Crippen molar-refractivity contribution >= 4 is 35.2 Å². The number of nitrogens with one attached hydrogen (secondary N) is 1. The molecule has 10 heteroatoms. The van der Waals surface area contributed by atoms with Gasteiger partial charge in [-0.3, -0.25) is 9.59 Å². The van der Waals surface area contributed by atoms with Crippen LogP contribution in [-0.4, -0.2) is 51.9 Å². The number of rotatable bonds is 6. The summed E-state index contributed by atoms with van der Waals surface area (Å²) in [7, 11) is 0. The zero-order chi connectivity index (χ0) is 28.4. The van der Waals surface area contributed by atoms with Gasteiger partial charge in [-0.15, -0.1) is 0 Å². The van der Waals surface area contributed by atoms with Crippen LogP contribution in [0.1, 0.15) is 37.5 Å². The lowest BCUT2D eigenvalue weighted by Gasteiger charge is -2.18. The van der Waals surface area contributed by atoms with Gasteiger partial charge in [-0.05, 0) is 60.0 Å². The Bertz CT molecular complexity index is 1630. The minimum absolute atomic E-state index is 0.0151. The number of anilines is 1. The number of pyridine rings is 1. The molecule has 4 N–H and O–H groups in total.